The molecule has 1 amide bonds. The van der Waals surface area contributed by atoms with Crippen molar-refractivity contribution in [2.24, 2.45) is 10.8 Å². The fourth-order valence-corrected chi connectivity index (χ4v) is 6.10. The van der Waals surface area contributed by atoms with Gasteiger partial charge in [-0.15, -0.1) is 10.2 Å². The van der Waals surface area contributed by atoms with Gasteiger partial charge in [-0.25, -0.2) is 4.79 Å². The van der Waals surface area contributed by atoms with E-state index in [1.165, 1.54) is 0 Å². The molecule has 1 N–H and O–H groups in total. The number of para-hydroxylation sites is 1. The lowest BCUT2D eigenvalue weighted by Crippen LogP contribution is -2.81. The topological polar surface area (TPSA) is 88.0 Å². The second kappa shape index (κ2) is 8.53. The van der Waals surface area contributed by atoms with Crippen LogP contribution in [0.5, 0.6) is 5.75 Å². The minimum Gasteiger partial charge on any atom is -0.467 e. The Kier molecular flexibility index (Phi) is 5.76. The molecule has 5 rings (SSSR count). The zero-order valence-electron chi connectivity index (χ0n) is 20.3. The predicted molar refractivity (Wildman–Crippen MR) is 135 cm³/mol. The monoisotopic (exact) mass is 496 g/mol. The van der Waals surface area contributed by atoms with Crippen molar-refractivity contribution < 1.29 is 19.4 Å². The molecule has 1 unspecified atom stereocenters. The lowest BCUT2D eigenvalue weighted by molar-refractivity contribution is -0.121. The maximum atomic E-state index is 11.7. The van der Waals surface area contributed by atoms with E-state index in [1.807, 2.05) is 42.5 Å². The van der Waals surface area contributed by atoms with Gasteiger partial charge in [0, 0.05) is 43.1 Å². The van der Waals surface area contributed by atoms with Crippen LogP contribution in [0.4, 0.5) is 10.5 Å². The molecule has 8 nitrogen and oxygen atoms in total. The van der Waals surface area contributed by atoms with Crippen LogP contribution in [0.25, 0.3) is 22.2 Å². The van der Waals surface area contributed by atoms with Gasteiger partial charge in [0.05, 0.1) is 28.0 Å². The molecule has 2 aliphatic heterocycles. The fourth-order valence-electron chi connectivity index (χ4n) is 5.81. The molecular weight excluding hydrogens is 468 g/mol. The molecule has 0 aliphatic carbocycles. The van der Waals surface area contributed by atoms with Crippen molar-refractivity contribution in [2.75, 3.05) is 38.4 Å². The number of anilines is 1. The van der Waals surface area contributed by atoms with Crippen LogP contribution in [0.15, 0.2) is 42.5 Å². The minimum atomic E-state index is -0.849. The first-order valence-corrected chi connectivity index (χ1v) is 11.9. The summed E-state index contributed by atoms with van der Waals surface area (Å²) in [6, 6.07) is 13.4. The number of hydrogen-bond donors (Lipinski definition) is 1. The van der Waals surface area contributed by atoms with Crippen LogP contribution in [0.1, 0.15) is 20.8 Å². The highest BCUT2D eigenvalue weighted by atomic mass is 35.5. The first kappa shape index (κ1) is 23.6. The standard InChI is InChI=1S/C26H29ClN4O4/c1-25(2,3)23-26(14-31(23)24(32)33)12-30(13-26)21-11-19-16(9-18(21)27)10-20(29-28-19)17-7-5-6-8-22(17)35-15-34-4/h5-11,23H,12-15H2,1-4H3,(H,32,33). The highest BCUT2D eigenvalue weighted by molar-refractivity contribution is 6.34. The summed E-state index contributed by atoms with van der Waals surface area (Å²) in [6.45, 7) is 8.54. The van der Waals surface area contributed by atoms with E-state index in [9.17, 15) is 9.90 Å². The van der Waals surface area contributed by atoms with E-state index in [4.69, 9.17) is 21.1 Å². The number of rotatable bonds is 5. The van der Waals surface area contributed by atoms with Gasteiger partial charge in [-0.2, -0.15) is 0 Å². The number of hydrogen-bond acceptors (Lipinski definition) is 6. The number of aromatic nitrogens is 2. The average molecular weight is 497 g/mol. The maximum absolute atomic E-state index is 11.7. The van der Waals surface area contributed by atoms with Crippen LogP contribution in [0, 0.1) is 10.8 Å². The maximum Gasteiger partial charge on any atom is 0.407 e. The van der Waals surface area contributed by atoms with Crippen LogP contribution in [0.3, 0.4) is 0 Å². The van der Waals surface area contributed by atoms with Crippen LogP contribution in [0.2, 0.25) is 5.02 Å². The molecule has 2 fully saturated rings. The molecule has 3 heterocycles. The second-order valence-corrected chi connectivity index (χ2v) is 10.9. The molecule has 184 valence electrons. The van der Waals surface area contributed by atoms with Crippen molar-refractivity contribution >= 4 is 34.3 Å². The van der Waals surface area contributed by atoms with Crippen molar-refractivity contribution in [1.29, 1.82) is 0 Å². The van der Waals surface area contributed by atoms with E-state index < -0.39 is 6.09 Å². The Morgan fingerprint density at radius 1 is 1.17 bits per heavy atom. The van der Waals surface area contributed by atoms with E-state index in [2.05, 4.69) is 35.9 Å². The Hall–Kier alpha value is -3.10. The number of fused-ring (bicyclic) bond motifs is 1. The highest BCUT2D eigenvalue weighted by Crippen LogP contribution is 2.54. The highest BCUT2D eigenvalue weighted by Gasteiger charge is 2.64. The number of methoxy groups -OCH3 is 1. The molecule has 0 radical (unpaired) electrons. The first-order valence-electron chi connectivity index (χ1n) is 11.6. The van der Waals surface area contributed by atoms with Gasteiger partial charge in [-0.05, 0) is 35.7 Å². The van der Waals surface area contributed by atoms with Gasteiger partial charge in [0.2, 0.25) is 0 Å². The molecule has 35 heavy (non-hydrogen) atoms. The molecule has 2 aromatic carbocycles. The van der Waals surface area contributed by atoms with Gasteiger partial charge < -0.3 is 24.4 Å². The quantitative estimate of drug-likeness (QED) is 0.489. The van der Waals surface area contributed by atoms with E-state index in [-0.39, 0.29) is 23.7 Å². The summed E-state index contributed by atoms with van der Waals surface area (Å²) >= 11 is 6.73. The summed E-state index contributed by atoms with van der Waals surface area (Å²) < 4.78 is 10.7. The van der Waals surface area contributed by atoms with Gasteiger partial charge in [-0.3, -0.25) is 0 Å². The lowest BCUT2D eigenvalue weighted by atomic mass is 9.58. The number of amides is 1. The Bertz CT molecular complexity index is 1290. The zero-order valence-corrected chi connectivity index (χ0v) is 21.0. The second-order valence-electron chi connectivity index (χ2n) is 10.5. The Labute approximate surface area is 209 Å². The number of ether oxygens (including phenoxy) is 2. The van der Waals surface area contributed by atoms with Gasteiger partial charge >= 0.3 is 6.09 Å². The summed E-state index contributed by atoms with van der Waals surface area (Å²) in [7, 11) is 1.58. The normalized spacial score (nSPS) is 18.9. The number of carboxylic acid groups (broad SMARTS) is 1. The number of carbonyl (C=O) groups is 1. The summed E-state index contributed by atoms with van der Waals surface area (Å²) in [5.74, 6) is 0.667. The Morgan fingerprint density at radius 2 is 1.91 bits per heavy atom. The summed E-state index contributed by atoms with van der Waals surface area (Å²) in [5, 5.41) is 20.0. The van der Waals surface area contributed by atoms with Gasteiger partial charge in [-0.1, -0.05) is 44.5 Å². The van der Waals surface area contributed by atoms with Gasteiger partial charge in [0.25, 0.3) is 0 Å². The fraction of sp³-hybridized carbons (Fsp3) is 0.423. The molecule has 2 aliphatic rings. The van der Waals surface area contributed by atoms with Gasteiger partial charge in [0.1, 0.15) is 5.75 Å². The smallest absolute Gasteiger partial charge is 0.407 e. The molecule has 3 aromatic rings. The third-order valence-corrected chi connectivity index (χ3v) is 7.25. The third kappa shape index (κ3) is 4.04. The molecule has 1 atom stereocenters. The van der Waals surface area contributed by atoms with Crippen molar-refractivity contribution in [3.8, 4) is 17.0 Å². The molecule has 1 spiro atoms. The molecule has 2 saturated heterocycles. The number of halogens is 1. The lowest BCUT2D eigenvalue weighted by Gasteiger charge is -2.68. The molecule has 1 aromatic heterocycles. The molecule has 0 saturated carbocycles. The van der Waals surface area contributed by atoms with Crippen molar-refractivity contribution in [1.82, 2.24) is 15.1 Å². The van der Waals surface area contributed by atoms with Crippen LogP contribution < -0.4 is 9.64 Å². The minimum absolute atomic E-state index is 0.0225. The Balaban J connectivity index is 1.40. The Morgan fingerprint density at radius 3 is 2.60 bits per heavy atom. The SMILES string of the molecule is COCOc1ccccc1-c1cc2cc(Cl)c(N3CC4(C3)CN(C(=O)O)C4C(C)(C)C)cc2nn1. The number of likely N-dealkylation sites (tertiary alicyclic amines) is 1. The summed E-state index contributed by atoms with van der Waals surface area (Å²) in [5.41, 5.74) is 2.98. The molecule has 9 heteroatoms. The largest absolute Gasteiger partial charge is 0.467 e. The first-order chi connectivity index (χ1) is 16.6. The van der Waals surface area contributed by atoms with Crippen molar-refractivity contribution in [3.63, 3.8) is 0 Å². The summed E-state index contributed by atoms with van der Waals surface area (Å²) in [6.07, 6.45) is -0.849. The zero-order chi connectivity index (χ0) is 25.0. The third-order valence-electron chi connectivity index (χ3n) is 6.94. The van der Waals surface area contributed by atoms with Gasteiger partial charge in [0.15, 0.2) is 6.79 Å². The molecular formula is C26H29ClN4O4. The van der Waals surface area contributed by atoms with Crippen LogP contribution in [-0.4, -0.2) is 65.9 Å². The van der Waals surface area contributed by atoms with E-state index >= 15 is 0 Å². The molecule has 0 bridgehead atoms. The van der Waals surface area contributed by atoms with E-state index in [0.29, 0.717) is 23.0 Å². The number of nitrogens with zero attached hydrogens (tertiary/aromatic N) is 4. The van der Waals surface area contributed by atoms with Crippen LogP contribution >= 0.6 is 11.6 Å². The van der Waals surface area contributed by atoms with Crippen molar-refractivity contribution in [3.05, 3.63) is 47.5 Å². The predicted octanol–water partition coefficient (Wildman–Crippen LogP) is 5.15. The summed E-state index contributed by atoms with van der Waals surface area (Å²) in [4.78, 5) is 15.5. The van der Waals surface area contributed by atoms with Crippen LogP contribution in [-0.2, 0) is 4.74 Å². The number of benzene rings is 2. The van der Waals surface area contributed by atoms with Crippen molar-refractivity contribution in [2.45, 2.75) is 26.8 Å². The van der Waals surface area contributed by atoms with E-state index in [0.717, 1.165) is 35.2 Å². The average Bonchev–Trinajstić information content (AvgIpc) is 2.74. The van der Waals surface area contributed by atoms with E-state index in [1.54, 1.807) is 12.0 Å².